The number of aryl methyl sites for hydroxylation is 2. The van der Waals surface area contributed by atoms with E-state index in [1.807, 2.05) is 18.7 Å². The molecule has 1 atom stereocenters. The van der Waals surface area contributed by atoms with Crippen molar-refractivity contribution in [3.8, 4) is 0 Å². The largest absolute Gasteiger partial charge is 0.316 e. The maximum Gasteiger partial charge on any atom is 0.0860 e. The van der Waals surface area contributed by atoms with E-state index in [2.05, 4.69) is 22.2 Å². The van der Waals surface area contributed by atoms with Gasteiger partial charge in [0.15, 0.2) is 0 Å². The van der Waals surface area contributed by atoms with E-state index in [9.17, 15) is 0 Å². The summed E-state index contributed by atoms with van der Waals surface area (Å²) >= 11 is 6.36. The third kappa shape index (κ3) is 2.87. The Bertz CT molecular complexity index is 402. The van der Waals surface area contributed by atoms with E-state index < -0.39 is 0 Å². The van der Waals surface area contributed by atoms with E-state index in [4.69, 9.17) is 11.6 Å². The lowest BCUT2D eigenvalue weighted by molar-refractivity contribution is 0.183. The highest BCUT2D eigenvalue weighted by atomic mass is 35.5. The summed E-state index contributed by atoms with van der Waals surface area (Å²) in [5.41, 5.74) is 2.10. The highest BCUT2D eigenvalue weighted by Gasteiger charge is 2.21. The SMILES string of the molecule is CCn1nc(C)c(Cl)c1CN1CCCC(NC)C1. The average Bonchev–Trinajstić information content (AvgIpc) is 2.67. The van der Waals surface area contributed by atoms with Crippen LogP contribution in [-0.4, -0.2) is 40.9 Å². The van der Waals surface area contributed by atoms with Crippen molar-refractivity contribution in [2.45, 2.75) is 45.8 Å². The van der Waals surface area contributed by atoms with Crippen molar-refractivity contribution in [2.24, 2.45) is 0 Å². The number of rotatable bonds is 4. The maximum absolute atomic E-state index is 6.36. The summed E-state index contributed by atoms with van der Waals surface area (Å²) < 4.78 is 2.03. The standard InChI is InChI=1S/C13H23ClN4/c1-4-18-12(13(14)10(2)16-18)9-17-7-5-6-11(8-17)15-3/h11,15H,4-9H2,1-3H3. The topological polar surface area (TPSA) is 33.1 Å². The average molecular weight is 271 g/mol. The Morgan fingerprint density at radius 3 is 2.94 bits per heavy atom. The number of likely N-dealkylation sites (tertiary alicyclic amines) is 1. The minimum Gasteiger partial charge on any atom is -0.316 e. The fourth-order valence-corrected chi connectivity index (χ4v) is 2.86. The van der Waals surface area contributed by atoms with Crippen LogP contribution in [0.2, 0.25) is 5.02 Å². The van der Waals surface area contributed by atoms with Gasteiger partial charge in [-0.3, -0.25) is 9.58 Å². The number of hydrogen-bond donors (Lipinski definition) is 1. The molecule has 0 spiro atoms. The van der Waals surface area contributed by atoms with E-state index in [0.29, 0.717) is 6.04 Å². The number of nitrogens with one attached hydrogen (secondary N) is 1. The number of nitrogens with zero attached hydrogens (tertiary/aromatic N) is 3. The molecule has 1 unspecified atom stereocenters. The predicted molar refractivity (Wildman–Crippen MR) is 75.0 cm³/mol. The molecule has 18 heavy (non-hydrogen) atoms. The summed E-state index contributed by atoms with van der Waals surface area (Å²) in [5, 5.41) is 8.68. The fourth-order valence-electron chi connectivity index (χ4n) is 2.67. The molecule has 0 amide bonds. The van der Waals surface area contributed by atoms with Crippen LogP contribution in [0.1, 0.15) is 31.2 Å². The Labute approximate surface area is 114 Å². The molecule has 0 bridgehead atoms. The van der Waals surface area contributed by atoms with Gasteiger partial charge in [0.05, 0.1) is 16.4 Å². The lowest BCUT2D eigenvalue weighted by Crippen LogP contribution is -2.44. The van der Waals surface area contributed by atoms with Gasteiger partial charge in [0, 0.05) is 25.7 Å². The molecule has 0 saturated carbocycles. The minimum absolute atomic E-state index is 0.608. The minimum atomic E-state index is 0.608. The van der Waals surface area contributed by atoms with Gasteiger partial charge in [-0.2, -0.15) is 5.10 Å². The van der Waals surface area contributed by atoms with Gasteiger partial charge in [-0.15, -0.1) is 0 Å². The van der Waals surface area contributed by atoms with Gasteiger partial charge in [-0.1, -0.05) is 11.6 Å². The van der Waals surface area contributed by atoms with E-state index in [-0.39, 0.29) is 0 Å². The molecule has 1 aromatic rings. The number of aromatic nitrogens is 2. The van der Waals surface area contributed by atoms with E-state index in [0.717, 1.165) is 42.6 Å². The van der Waals surface area contributed by atoms with Crippen molar-refractivity contribution in [3.63, 3.8) is 0 Å². The van der Waals surface area contributed by atoms with Crippen LogP contribution in [0, 0.1) is 6.92 Å². The molecule has 1 aliphatic rings. The predicted octanol–water partition coefficient (Wildman–Crippen LogP) is 2.05. The molecule has 1 aromatic heterocycles. The summed E-state index contributed by atoms with van der Waals surface area (Å²) in [7, 11) is 2.04. The molecule has 1 N–H and O–H groups in total. The second-order valence-electron chi connectivity index (χ2n) is 5.02. The maximum atomic E-state index is 6.36. The molecule has 0 radical (unpaired) electrons. The van der Waals surface area contributed by atoms with Gasteiger partial charge in [0.1, 0.15) is 0 Å². The van der Waals surface area contributed by atoms with Crippen LogP contribution in [0.25, 0.3) is 0 Å². The summed E-state index contributed by atoms with van der Waals surface area (Å²) in [5.74, 6) is 0. The molecule has 4 nitrogen and oxygen atoms in total. The van der Waals surface area contributed by atoms with Crippen LogP contribution in [0.4, 0.5) is 0 Å². The number of hydrogen-bond acceptors (Lipinski definition) is 3. The van der Waals surface area contributed by atoms with Crippen LogP contribution in [0.3, 0.4) is 0 Å². The van der Waals surface area contributed by atoms with Crippen molar-refractivity contribution in [3.05, 3.63) is 16.4 Å². The van der Waals surface area contributed by atoms with Gasteiger partial charge in [0.2, 0.25) is 0 Å². The van der Waals surface area contributed by atoms with Crippen molar-refractivity contribution >= 4 is 11.6 Å². The third-order valence-electron chi connectivity index (χ3n) is 3.74. The molecular formula is C13H23ClN4. The molecule has 1 saturated heterocycles. The normalized spacial score (nSPS) is 21.4. The van der Waals surface area contributed by atoms with Crippen molar-refractivity contribution in [2.75, 3.05) is 20.1 Å². The Morgan fingerprint density at radius 2 is 2.28 bits per heavy atom. The number of likely N-dealkylation sites (N-methyl/N-ethyl adjacent to an activating group) is 1. The molecule has 2 heterocycles. The lowest BCUT2D eigenvalue weighted by atomic mass is 10.1. The quantitative estimate of drug-likeness (QED) is 0.909. The van der Waals surface area contributed by atoms with Gasteiger partial charge in [-0.05, 0) is 40.3 Å². The van der Waals surface area contributed by atoms with E-state index in [1.165, 1.54) is 12.8 Å². The molecule has 102 valence electrons. The highest BCUT2D eigenvalue weighted by molar-refractivity contribution is 6.31. The molecule has 0 aromatic carbocycles. The number of halogens is 1. The highest BCUT2D eigenvalue weighted by Crippen LogP contribution is 2.23. The van der Waals surface area contributed by atoms with Crippen LogP contribution in [0.5, 0.6) is 0 Å². The smallest absolute Gasteiger partial charge is 0.0860 e. The Balaban J connectivity index is 2.08. The summed E-state index contributed by atoms with van der Waals surface area (Å²) in [6.45, 7) is 8.13. The lowest BCUT2D eigenvalue weighted by Gasteiger charge is -2.32. The van der Waals surface area contributed by atoms with Gasteiger partial charge < -0.3 is 5.32 Å². The van der Waals surface area contributed by atoms with Crippen LogP contribution in [-0.2, 0) is 13.1 Å². The molecular weight excluding hydrogens is 248 g/mol. The Hall–Kier alpha value is -0.580. The summed E-state index contributed by atoms with van der Waals surface area (Å²) in [4.78, 5) is 2.47. The second-order valence-corrected chi connectivity index (χ2v) is 5.40. The first-order chi connectivity index (χ1) is 8.65. The fraction of sp³-hybridized carbons (Fsp3) is 0.769. The molecule has 0 aliphatic carbocycles. The van der Waals surface area contributed by atoms with Crippen molar-refractivity contribution in [1.29, 1.82) is 0 Å². The van der Waals surface area contributed by atoms with Crippen LogP contribution in [0.15, 0.2) is 0 Å². The summed E-state index contributed by atoms with van der Waals surface area (Å²) in [6.07, 6.45) is 2.52. The van der Waals surface area contributed by atoms with E-state index >= 15 is 0 Å². The van der Waals surface area contributed by atoms with Gasteiger partial charge >= 0.3 is 0 Å². The zero-order valence-corrected chi connectivity index (χ0v) is 12.3. The second kappa shape index (κ2) is 6.04. The molecule has 1 aliphatic heterocycles. The number of piperidine rings is 1. The first-order valence-corrected chi connectivity index (χ1v) is 7.14. The van der Waals surface area contributed by atoms with Crippen LogP contribution >= 0.6 is 11.6 Å². The Morgan fingerprint density at radius 1 is 1.50 bits per heavy atom. The zero-order valence-electron chi connectivity index (χ0n) is 11.5. The Kier molecular flexibility index (Phi) is 4.65. The van der Waals surface area contributed by atoms with E-state index in [1.54, 1.807) is 0 Å². The van der Waals surface area contributed by atoms with Gasteiger partial charge in [0.25, 0.3) is 0 Å². The molecule has 2 rings (SSSR count). The monoisotopic (exact) mass is 270 g/mol. The first-order valence-electron chi connectivity index (χ1n) is 6.77. The van der Waals surface area contributed by atoms with Crippen LogP contribution < -0.4 is 5.32 Å². The zero-order chi connectivity index (χ0) is 13.1. The first kappa shape index (κ1) is 13.8. The molecule has 5 heteroatoms. The van der Waals surface area contributed by atoms with Gasteiger partial charge in [-0.25, -0.2) is 0 Å². The molecule has 1 fully saturated rings. The third-order valence-corrected chi connectivity index (χ3v) is 4.23. The van der Waals surface area contributed by atoms with Crippen molar-refractivity contribution < 1.29 is 0 Å². The van der Waals surface area contributed by atoms with Crippen molar-refractivity contribution in [1.82, 2.24) is 20.0 Å². The summed E-state index contributed by atoms with van der Waals surface area (Å²) in [6, 6.07) is 0.608.